The predicted octanol–water partition coefficient (Wildman–Crippen LogP) is 7.95. The number of thioether (sulfide) groups is 1. The normalized spacial score (nSPS) is 12.7. The Labute approximate surface area is 240 Å². The van der Waals surface area contributed by atoms with E-state index >= 15 is 0 Å². The van der Waals surface area contributed by atoms with Crippen LogP contribution in [0.3, 0.4) is 0 Å². The minimum Gasteiger partial charge on any atom is -0.744 e. The van der Waals surface area contributed by atoms with Gasteiger partial charge in [0.25, 0.3) is 0 Å². The lowest BCUT2D eigenvalue weighted by atomic mass is 10.0. The number of hydrogen-bond donors (Lipinski definition) is 1. The van der Waals surface area contributed by atoms with E-state index in [-0.39, 0.29) is 11.0 Å². The topological polar surface area (TPSA) is 77.4 Å². The molecular weight excluding hydrogens is 514 g/mol. The third kappa shape index (κ3) is 25.7. The fourth-order valence-electron chi connectivity index (χ4n) is 4.36. The molecule has 0 aliphatic carbocycles. The van der Waals surface area contributed by atoms with E-state index in [1.807, 2.05) is 18.7 Å². The van der Waals surface area contributed by atoms with E-state index in [9.17, 15) is 18.1 Å². The molecule has 0 spiro atoms. The monoisotopic (exact) mass is 573 g/mol. The van der Waals surface area contributed by atoms with Crippen molar-refractivity contribution in [2.24, 2.45) is 0 Å². The largest absolute Gasteiger partial charge is 0.744 e. The number of unbranched alkanes of at least 4 members (excludes halogenated alkanes) is 15. The van der Waals surface area contributed by atoms with Gasteiger partial charge in [-0.3, -0.25) is 0 Å². The van der Waals surface area contributed by atoms with Crippen LogP contribution in [0.5, 0.6) is 0 Å². The van der Waals surface area contributed by atoms with Gasteiger partial charge in [-0.25, -0.2) is 8.42 Å². The summed E-state index contributed by atoms with van der Waals surface area (Å²) in [5.74, 6) is 2.11. The number of aliphatic hydroxyl groups is 1. The van der Waals surface area contributed by atoms with Crippen molar-refractivity contribution in [3.8, 4) is 0 Å². The standard InChI is InChI=1S/C24H52NOS.C7H8O3S/c1-5-6-7-8-9-10-11-12-13-14-15-16-17-18-19-20-21-27-23-24(26)22-25(2,3)4;1-6-2-4-7(5-3-6)11(8,9)10/h24,26H,5-23H2,1-4H3;2-5H,1H3,(H,8,9,10)/q+1;/p-1. The van der Waals surface area contributed by atoms with Crippen molar-refractivity contribution in [1.29, 1.82) is 0 Å². The molecule has 1 aromatic carbocycles. The van der Waals surface area contributed by atoms with Crippen molar-refractivity contribution in [3.63, 3.8) is 0 Å². The fraction of sp³-hybridized carbons (Fsp3) is 0.806. The second-order valence-electron chi connectivity index (χ2n) is 11.8. The van der Waals surface area contributed by atoms with Gasteiger partial charge in [0.1, 0.15) is 22.8 Å². The molecule has 7 heteroatoms. The molecule has 0 amide bonds. The number of aryl methyl sites for hydroxylation is 1. The number of aliphatic hydroxyl groups excluding tert-OH is 1. The first kappa shape index (κ1) is 37.4. The van der Waals surface area contributed by atoms with Crippen LogP contribution in [0.1, 0.15) is 115 Å². The SMILES string of the molecule is CCCCCCCCCCCCCCCCCCSCC(O)C[N+](C)(C)C.Cc1ccc(S(=O)(=O)[O-])cc1. The molecule has 5 nitrogen and oxygen atoms in total. The molecule has 0 aliphatic heterocycles. The molecule has 0 saturated carbocycles. The number of quaternary nitrogens is 1. The van der Waals surface area contributed by atoms with Gasteiger partial charge in [-0.05, 0) is 31.2 Å². The molecule has 1 unspecified atom stereocenters. The van der Waals surface area contributed by atoms with Gasteiger partial charge < -0.3 is 14.1 Å². The summed E-state index contributed by atoms with van der Waals surface area (Å²) in [7, 11) is 2.16. The summed E-state index contributed by atoms with van der Waals surface area (Å²) in [6.07, 6.45) is 22.7. The van der Waals surface area contributed by atoms with E-state index in [2.05, 4.69) is 28.1 Å². The summed E-state index contributed by atoms with van der Waals surface area (Å²) in [6.45, 7) is 4.97. The first-order chi connectivity index (χ1) is 18.0. The van der Waals surface area contributed by atoms with E-state index in [0.29, 0.717) is 0 Å². The number of likely N-dealkylation sites (N-methyl/N-ethyl adjacent to an activating group) is 1. The fourth-order valence-corrected chi connectivity index (χ4v) is 5.78. The average Bonchev–Trinajstić information content (AvgIpc) is 2.82. The summed E-state index contributed by atoms with van der Waals surface area (Å²) in [4.78, 5) is -0.178. The van der Waals surface area contributed by atoms with Crippen LogP contribution in [0.15, 0.2) is 29.2 Å². The molecule has 38 heavy (non-hydrogen) atoms. The highest BCUT2D eigenvalue weighted by molar-refractivity contribution is 7.99. The highest BCUT2D eigenvalue weighted by Crippen LogP contribution is 2.15. The van der Waals surface area contributed by atoms with Crippen LogP contribution in [0.25, 0.3) is 0 Å². The van der Waals surface area contributed by atoms with Crippen molar-refractivity contribution in [3.05, 3.63) is 29.8 Å². The predicted molar refractivity (Wildman–Crippen MR) is 165 cm³/mol. The maximum atomic E-state index is 10.4. The molecular formula is C31H59NO4S2. The van der Waals surface area contributed by atoms with Crippen LogP contribution in [0, 0.1) is 6.92 Å². The van der Waals surface area contributed by atoms with Crippen LogP contribution in [0.2, 0.25) is 0 Å². The van der Waals surface area contributed by atoms with Crippen molar-refractivity contribution >= 4 is 21.9 Å². The van der Waals surface area contributed by atoms with E-state index in [0.717, 1.165) is 22.3 Å². The van der Waals surface area contributed by atoms with Crippen LogP contribution >= 0.6 is 11.8 Å². The summed E-state index contributed by atoms with van der Waals surface area (Å²) in [5.41, 5.74) is 0.928. The Morgan fingerprint density at radius 2 is 1.16 bits per heavy atom. The Hall–Kier alpha value is -0.600. The third-order valence-corrected chi connectivity index (χ3v) is 8.57. The summed E-state index contributed by atoms with van der Waals surface area (Å²) >= 11 is 1.93. The molecule has 0 aromatic heterocycles. The quantitative estimate of drug-likeness (QED) is 0.0865. The van der Waals surface area contributed by atoms with Gasteiger partial charge in [0.2, 0.25) is 0 Å². The van der Waals surface area contributed by atoms with Gasteiger partial charge in [-0.2, -0.15) is 11.8 Å². The van der Waals surface area contributed by atoms with Crippen LogP contribution in [0.4, 0.5) is 0 Å². The lowest BCUT2D eigenvalue weighted by molar-refractivity contribution is -0.873. The van der Waals surface area contributed by atoms with Crippen molar-refractivity contribution in [1.82, 2.24) is 0 Å². The smallest absolute Gasteiger partial charge is 0.124 e. The zero-order valence-corrected chi connectivity index (χ0v) is 26.9. The van der Waals surface area contributed by atoms with E-state index in [1.54, 1.807) is 12.1 Å². The Bertz CT molecular complexity index is 761. The minimum atomic E-state index is -4.27. The maximum absolute atomic E-state index is 10.4. The summed E-state index contributed by atoms with van der Waals surface area (Å²) < 4.78 is 32.0. The highest BCUT2D eigenvalue weighted by Gasteiger charge is 2.14. The average molecular weight is 574 g/mol. The Kier molecular flexibility index (Phi) is 22.8. The van der Waals surface area contributed by atoms with Gasteiger partial charge in [0.15, 0.2) is 0 Å². The van der Waals surface area contributed by atoms with Gasteiger partial charge >= 0.3 is 0 Å². The molecule has 1 N–H and O–H groups in total. The Morgan fingerprint density at radius 3 is 1.53 bits per heavy atom. The second kappa shape index (κ2) is 23.1. The lowest BCUT2D eigenvalue weighted by Crippen LogP contribution is -2.42. The molecule has 0 fully saturated rings. The van der Waals surface area contributed by atoms with Crippen molar-refractivity contribution in [2.75, 3.05) is 39.2 Å². The molecule has 0 radical (unpaired) electrons. The van der Waals surface area contributed by atoms with E-state index < -0.39 is 10.1 Å². The molecule has 0 saturated heterocycles. The molecule has 0 heterocycles. The summed E-state index contributed by atoms with van der Waals surface area (Å²) in [6, 6.07) is 5.78. The number of benzene rings is 1. The Balaban J connectivity index is 0.00000103. The van der Waals surface area contributed by atoms with Crippen LogP contribution in [-0.4, -0.2) is 67.9 Å². The zero-order valence-electron chi connectivity index (χ0n) is 25.3. The molecule has 0 aliphatic rings. The lowest BCUT2D eigenvalue weighted by Gasteiger charge is -2.26. The van der Waals surface area contributed by atoms with Gasteiger partial charge in [-0.15, -0.1) is 0 Å². The zero-order chi connectivity index (χ0) is 28.7. The van der Waals surface area contributed by atoms with Crippen molar-refractivity contribution < 1.29 is 22.6 Å². The van der Waals surface area contributed by atoms with Crippen LogP contribution in [-0.2, 0) is 10.1 Å². The summed E-state index contributed by atoms with van der Waals surface area (Å²) in [5, 5.41) is 9.98. The number of nitrogens with zero attached hydrogens (tertiary/aromatic N) is 1. The van der Waals surface area contributed by atoms with Gasteiger partial charge in [-0.1, -0.05) is 121 Å². The number of rotatable bonds is 22. The second-order valence-corrected chi connectivity index (χ2v) is 14.3. The Morgan fingerprint density at radius 1 is 0.763 bits per heavy atom. The first-order valence-electron chi connectivity index (χ1n) is 15.0. The third-order valence-electron chi connectivity index (χ3n) is 6.52. The first-order valence-corrected chi connectivity index (χ1v) is 17.6. The van der Waals surface area contributed by atoms with Gasteiger partial charge in [0.05, 0.1) is 26.0 Å². The minimum absolute atomic E-state index is 0.156. The molecule has 1 rings (SSSR count). The molecule has 1 aromatic rings. The number of hydrogen-bond acceptors (Lipinski definition) is 5. The van der Waals surface area contributed by atoms with E-state index in [1.165, 1.54) is 121 Å². The maximum Gasteiger partial charge on any atom is 0.124 e. The van der Waals surface area contributed by atoms with Crippen molar-refractivity contribution in [2.45, 2.75) is 128 Å². The van der Waals surface area contributed by atoms with Crippen LogP contribution < -0.4 is 0 Å². The van der Waals surface area contributed by atoms with E-state index in [4.69, 9.17) is 0 Å². The molecule has 224 valence electrons. The molecule has 1 atom stereocenters. The highest BCUT2D eigenvalue weighted by atomic mass is 32.2. The molecule has 0 bridgehead atoms. The van der Waals surface area contributed by atoms with Gasteiger partial charge in [0, 0.05) is 5.75 Å².